The summed E-state index contributed by atoms with van der Waals surface area (Å²) >= 11 is 0. The maximum Gasteiger partial charge on any atom is 0.254 e. The first kappa shape index (κ1) is 15.5. The zero-order valence-corrected chi connectivity index (χ0v) is 11.7. The van der Waals surface area contributed by atoms with Gasteiger partial charge in [-0.15, -0.1) is 0 Å². The molecule has 3 N–H and O–H groups in total. The van der Waals surface area contributed by atoms with E-state index >= 15 is 0 Å². The normalized spacial score (nSPS) is 11.1. The van der Waals surface area contributed by atoms with Gasteiger partial charge in [0.1, 0.15) is 0 Å². The average molecular weight is 278 g/mol. The second-order valence-corrected chi connectivity index (χ2v) is 4.51. The lowest BCUT2D eigenvalue weighted by Gasteiger charge is -2.19. The third-order valence-electron chi connectivity index (χ3n) is 2.75. The van der Waals surface area contributed by atoms with Gasteiger partial charge < -0.3 is 20.7 Å². The summed E-state index contributed by atoms with van der Waals surface area (Å²) in [5, 5.41) is 11.4. The summed E-state index contributed by atoms with van der Waals surface area (Å²) in [5.74, 6) is -0.458. The number of likely N-dealkylation sites (N-methyl/N-ethyl adjacent to an activating group) is 2. The number of amides is 2. The Labute approximate surface area is 117 Å². The quantitative estimate of drug-likeness (QED) is 0.349. The lowest BCUT2D eigenvalue weighted by atomic mass is 10.1. The van der Waals surface area contributed by atoms with Crippen molar-refractivity contribution < 1.29 is 14.8 Å². The van der Waals surface area contributed by atoms with Crippen LogP contribution in [0.15, 0.2) is 29.4 Å². The summed E-state index contributed by atoms with van der Waals surface area (Å²) in [6.07, 6.45) is 0. The molecule has 0 heterocycles. The average Bonchev–Trinajstić information content (AvgIpc) is 2.45. The molecule has 0 unspecified atom stereocenters. The standard InChI is InChI=1S/C13H18N4O3/c1-16(2)11(18)8-17(3)13(19)10-6-4-9(5-7-10)12(14)15-20/h4-7,20H,8H2,1-3H3,(H2,14,15). The number of nitrogens with two attached hydrogens (primary N) is 1. The number of oxime groups is 1. The molecule has 2 amide bonds. The van der Waals surface area contributed by atoms with E-state index in [1.165, 1.54) is 9.80 Å². The minimum atomic E-state index is -0.272. The van der Waals surface area contributed by atoms with E-state index in [9.17, 15) is 9.59 Å². The predicted molar refractivity (Wildman–Crippen MR) is 74.6 cm³/mol. The monoisotopic (exact) mass is 278 g/mol. The van der Waals surface area contributed by atoms with Crippen LogP contribution in [0, 0.1) is 0 Å². The van der Waals surface area contributed by atoms with Crippen LogP contribution in [0.1, 0.15) is 15.9 Å². The fourth-order valence-electron chi connectivity index (χ4n) is 1.48. The minimum Gasteiger partial charge on any atom is -0.409 e. The van der Waals surface area contributed by atoms with E-state index in [4.69, 9.17) is 10.9 Å². The lowest BCUT2D eigenvalue weighted by molar-refractivity contribution is -0.129. The largest absolute Gasteiger partial charge is 0.409 e. The summed E-state index contributed by atoms with van der Waals surface area (Å²) < 4.78 is 0. The van der Waals surface area contributed by atoms with Gasteiger partial charge in [0.25, 0.3) is 5.91 Å². The summed E-state index contributed by atoms with van der Waals surface area (Å²) in [4.78, 5) is 26.4. The maximum atomic E-state index is 12.1. The highest BCUT2D eigenvalue weighted by Gasteiger charge is 2.16. The van der Waals surface area contributed by atoms with E-state index < -0.39 is 0 Å². The molecule has 7 nitrogen and oxygen atoms in total. The van der Waals surface area contributed by atoms with Crippen LogP contribution in [0.25, 0.3) is 0 Å². The molecule has 0 fully saturated rings. The molecule has 0 aliphatic heterocycles. The first-order chi connectivity index (χ1) is 9.36. The Balaban J connectivity index is 2.80. The van der Waals surface area contributed by atoms with E-state index in [2.05, 4.69) is 5.16 Å². The van der Waals surface area contributed by atoms with Crippen LogP contribution in [-0.2, 0) is 4.79 Å². The van der Waals surface area contributed by atoms with E-state index in [1.54, 1.807) is 45.4 Å². The van der Waals surface area contributed by atoms with Crippen molar-refractivity contribution in [2.45, 2.75) is 0 Å². The number of carbonyl (C=O) groups excluding carboxylic acids is 2. The molecular weight excluding hydrogens is 260 g/mol. The third kappa shape index (κ3) is 3.71. The molecule has 0 aliphatic carbocycles. The van der Waals surface area contributed by atoms with Crippen molar-refractivity contribution in [3.63, 3.8) is 0 Å². The molecule has 1 aromatic rings. The van der Waals surface area contributed by atoms with Crippen molar-refractivity contribution in [1.29, 1.82) is 0 Å². The molecular formula is C13H18N4O3. The van der Waals surface area contributed by atoms with Crippen molar-refractivity contribution in [3.8, 4) is 0 Å². The van der Waals surface area contributed by atoms with Crippen LogP contribution in [0.2, 0.25) is 0 Å². The molecule has 0 saturated heterocycles. The molecule has 0 atom stereocenters. The second kappa shape index (κ2) is 6.55. The van der Waals surface area contributed by atoms with Crippen molar-refractivity contribution >= 4 is 17.6 Å². The zero-order valence-electron chi connectivity index (χ0n) is 11.7. The van der Waals surface area contributed by atoms with Crippen molar-refractivity contribution in [3.05, 3.63) is 35.4 Å². The highest BCUT2D eigenvalue weighted by Crippen LogP contribution is 2.07. The van der Waals surface area contributed by atoms with E-state index in [0.29, 0.717) is 11.1 Å². The van der Waals surface area contributed by atoms with Crippen LogP contribution >= 0.6 is 0 Å². The SMILES string of the molecule is CN(C)C(=O)CN(C)C(=O)c1ccc(/C(N)=N/O)cc1. The van der Waals surface area contributed by atoms with E-state index in [0.717, 1.165) is 0 Å². The van der Waals surface area contributed by atoms with Gasteiger partial charge in [-0.1, -0.05) is 17.3 Å². The van der Waals surface area contributed by atoms with Gasteiger partial charge in [-0.2, -0.15) is 0 Å². The number of carbonyl (C=O) groups is 2. The Morgan fingerprint density at radius 1 is 1.15 bits per heavy atom. The Morgan fingerprint density at radius 3 is 2.10 bits per heavy atom. The molecule has 108 valence electrons. The van der Waals surface area contributed by atoms with Crippen LogP contribution < -0.4 is 5.73 Å². The molecule has 0 bridgehead atoms. The summed E-state index contributed by atoms with van der Waals surface area (Å²) in [6, 6.07) is 6.27. The Hall–Kier alpha value is -2.57. The van der Waals surface area contributed by atoms with Crippen LogP contribution in [-0.4, -0.2) is 60.3 Å². The Morgan fingerprint density at radius 2 is 1.65 bits per heavy atom. The smallest absolute Gasteiger partial charge is 0.254 e. The van der Waals surface area contributed by atoms with Crippen LogP contribution in [0.3, 0.4) is 0 Å². The molecule has 0 saturated carbocycles. The minimum absolute atomic E-state index is 0.00776. The lowest BCUT2D eigenvalue weighted by Crippen LogP contribution is -2.37. The van der Waals surface area contributed by atoms with Gasteiger partial charge >= 0.3 is 0 Å². The van der Waals surface area contributed by atoms with Gasteiger partial charge in [0, 0.05) is 32.3 Å². The van der Waals surface area contributed by atoms with Gasteiger partial charge in [-0.25, -0.2) is 0 Å². The van der Waals surface area contributed by atoms with Gasteiger partial charge in [0.05, 0.1) is 6.54 Å². The predicted octanol–water partition coefficient (Wildman–Crippen LogP) is -0.0587. The fourth-order valence-corrected chi connectivity index (χ4v) is 1.48. The van der Waals surface area contributed by atoms with Crippen LogP contribution in [0.4, 0.5) is 0 Å². The molecule has 1 aromatic carbocycles. The number of hydrogen-bond acceptors (Lipinski definition) is 4. The number of hydrogen-bond donors (Lipinski definition) is 2. The van der Waals surface area contributed by atoms with Crippen molar-refractivity contribution in [2.75, 3.05) is 27.7 Å². The third-order valence-corrected chi connectivity index (χ3v) is 2.75. The maximum absolute atomic E-state index is 12.1. The summed E-state index contributed by atoms with van der Waals surface area (Å²) in [5.41, 5.74) is 6.37. The summed E-state index contributed by atoms with van der Waals surface area (Å²) in [7, 11) is 4.82. The van der Waals surface area contributed by atoms with Gasteiger partial charge in [0.2, 0.25) is 5.91 Å². The fraction of sp³-hybridized carbons (Fsp3) is 0.308. The first-order valence-corrected chi connectivity index (χ1v) is 5.90. The zero-order chi connectivity index (χ0) is 15.3. The molecule has 0 radical (unpaired) electrons. The second-order valence-electron chi connectivity index (χ2n) is 4.51. The first-order valence-electron chi connectivity index (χ1n) is 5.90. The van der Waals surface area contributed by atoms with E-state index in [-0.39, 0.29) is 24.2 Å². The number of rotatable bonds is 4. The molecule has 1 rings (SSSR count). The highest BCUT2D eigenvalue weighted by atomic mass is 16.4. The Kier molecular flexibility index (Phi) is 5.08. The van der Waals surface area contributed by atoms with E-state index in [1.807, 2.05) is 0 Å². The van der Waals surface area contributed by atoms with Crippen LogP contribution in [0.5, 0.6) is 0 Å². The molecule has 0 spiro atoms. The highest BCUT2D eigenvalue weighted by molar-refractivity contribution is 6.00. The molecule has 20 heavy (non-hydrogen) atoms. The number of benzene rings is 1. The molecule has 0 aliphatic rings. The number of amidine groups is 1. The van der Waals surface area contributed by atoms with Crippen molar-refractivity contribution in [1.82, 2.24) is 9.80 Å². The van der Waals surface area contributed by atoms with Gasteiger partial charge in [-0.3, -0.25) is 9.59 Å². The Bertz CT molecular complexity index is 523. The number of nitrogens with zero attached hydrogens (tertiary/aromatic N) is 3. The topological polar surface area (TPSA) is 99.2 Å². The molecule has 0 aromatic heterocycles. The summed E-state index contributed by atoms with van der Waals surface area (Å²) in [6.45, 7) is 0.00776. The van der Waals surface area contributed by atoms with Gasteiger partial charge in [-0.05, 0) is 12.1 Å². The van der Waals surface area contributed by atoms with Crippen molar-refractivity contribution in [2.24, 2.45) is 10.9 Å². The molecule has 7 heteroatoms. The van der Waals surface area contributed by atoms with Gasteiger partial charge in [0.15, 0.2) is 5.84 Å².